The van der Waals surface area contributed by atoms with Crippen molar-refractivity contribution in [3.05, 3.63) is 23.8 Å². The van der Waals surface area contributed by atoms with Gasteiger partial charge in [0.05, 0.1) is 5.69 Å². The lowest BCUT2D eigenvalue weighted by molar-refractivity contribution is -0.122. The van der Waals surface area contributed by atoms with Crippen LogP contribution in [0.3, 0.4) is 0 Å². The van der Waals surface area contributed by atoms with Gasteiger partial charge >= 0.3 is 0 Å². The Morgan fingerprint density at radius 3 is 2.67 bits per heavy atom. The lowest BCUT2D eigenvalue weighted by Gasteiger charge is -2.09. The van der Waals surface area contributed by atoms with Crippen LogP contribution in [0.2, 0.25) is 0 Å². The van der Waals surface area contributed by atoms with Crippen LogP contribution in [0.25, 0.3) is 0 Å². The number of likely N-dealkylation sites (N-methyl/N-ethyl adjacent to an activating group) is 1. The Morgan fingerprint density at radius 1 is 1.39 bits per heavy atom. The Kier molecular flexibility index (Phi) is 4.98. The number of amides is 2. The van der Waals surface area contributed by atoms with Gasteiger partial charge in [-0.05, 0) is 25.1 Å². The van der Waals surface area contributed by atoms with Gasteiger partial charge in [-0.25, -0.2) is 0 Å². The zero-order valence-electron chi connectivity index (χ0n) is 10.4. The molecule has 6 heteroatoms. The molecule has 98 valence electrons. The molecule has 0 radical (unpaired) electrons. The molecule has 0 heterocycles. The van der Waals surface area contributed by atoms with Crippen LogP contribution in [-0.2, 0) is 4.79 Å². The van der Waals surface area contributed by atoms with Crippen LogP contribution in [0.15, 0.2) is 18.2 Å². The summed E-state index contributed by atoms with van der Waals surface area (Å²) in [6.45, 7) is 2.27. The van der Waals surface area contributed by atoms with Crippen LogP contribution in [0.1, 0.15) is 17.3 Å². The summed E-state index contributed by atoms with van der Waals surface area (Å²) in [6, 6.07) is 4.69. The lowest BCUT2D eigenvalue weighted by Crippen LogP contribution is -2.25. The monoisotopic (exact) mass is 251 g/mol. The van der Waals surface area contributed by atoms with E-state index in [4.69, 9.17) is 10.5 Å². The summed E-state index contributed by atoms with van der Waals surface area (Å²) in [6.07, 6.45) is 0. The maximum atomic E-state index is 11.5. The minimum absolute atomic E-state index is 0.110. The van der Waals surface area contributed by atoms with E-state index in [2.05, 4.69) is 10.6 Å². The van der Waals surface area contributed by atoms with E-state index in [0.29, 0.717) is 23.5 Å². The van der Waals surface area contributed by atoms with Gasteiger partial charge in [-0.1, -0.05) is 0 Å². The number of rotatable bonds is 5. The van der Waals surface area contributed by atoms with E-state index in [9.17, 15) is 9.59 Å². The minimum atomic E-state index is -0.248. The second kappa shape index (κ2) is 6.48. The SMILES string of the molecule is CCNC(=O)c1ccc(OCC(=O)NC)c(N)c1. The first-order chi connectivity index (χ1) is 8.58. The molecule has 0 atom stereocenters. The van der Waals surface area contributed by atoms with Gasteiger partial charge in [0.1, 0.15) is 5.75 Å². The van der Waals surface area contributed by atoms with Gasteiger partial charge in [0.15, 0.2) is 6.61 Å². The van der Waals surface area contributed by atoms with Crippen LogP contribution in [-0.4, -0.2) is 32.0 Å². The number of carbonyl (C=O) groups is 2. The number of nitrogens with two attached hydrogens (primary N) is 1. The smallest absolute Gasteiger partial charge is 0.257 e. The number of hydrogen-bond donors (Lipinski definition) is 3. The summed E-state index contributed by atoms with van der Waals surface area (Å²) in [5, 5.41) is 5.10. The highest BCUT2D eigenvalue weighted by Gasteiger charge is 2.08. The molecule has 0 saturated heterocycles. The quantitative estimate of drug-likeness (QED) is 0.649. The fourth-order valence-electron chi connectivity index (χ4n) is 1.30. The third-order valence-electron chi connectivity index (χ3n) is 2.25. The molecule has 0 aromatic heterocycles. The van der Waals surface area contributed by atoms with Crippen LogP contribution in [0, 0.1) is 0 Å². The Morgan fingerprint density at radius 2 is 2.11 bits per heavy atom. The second-order valence-electron chi connectivity index (χ2n) is 3.57. The highest BCUT2D eigenvalue weighted by Crippen LogP contribution is 2.22. The van der Waals surface area contributed by atoms with Crippen molar-refractivity contribution in [2.45, 2.75) is 6.92 Å². The van der Waals surface area contributed by atoms with Crippen molar-refractivity contribution in [3.63, 3.8) is 0 Å². The van der Waals surface area contributed by atoms with Crippen LogP contribution >= 0.6 is 0 Å². The van der Waals surface area contributed by atoms with E-state index in [1.54, 1.807) is 12.1 Å². The van der Waals surface area contributed by atoms with E-state index in [1.807, 2.05) is 6.92 Å². The van der Waals surface area contributed by atoms with Crippen LogP contribution in [0.5, 0.6) is 5.75 Å². The van der Waals surface area contributed by atoms with E-state index in [-0.39, 0.29) is 18.4 Å². The molecule has 0 spiro atoms. The molecule has 0 unspecified atom stereocenters. The molecule has 6 nitrogen and oxygen atoms in total. The highest BCUT2D eigenvalue weighted by molar-refractivity contribution is 5.95. The molecule has 2 amide bonds. The molecule has 0 fully saturated rings. The van der Waals surface area contributed by atoms with Gasteiger partial charge in [0.2, 0.25) is 0 Å². The van der Waals surface area contributed by atoms with E-state index >= 15 is 0 Å². The molecule has 1 aromatic rings. The number of carbonyl (C=O) groups excluding carboxylic acids is 2. The number of nitrogens with one attached hydrogen (secondary N) is 2. The first-order valence-electron chi connectivity index (χ1n) is 5.59. The number of benzene rings is 1. The molecule has 0 aliphatic carbocycles. The number of hydrogen-bond acceptors (Lipinski definition) is 4. The van der Waals surface area contributed by atoms with E-state index in [0.717, 1.165) is 0 Å². The zero-order valence-corrected chi connectivity index (χ0v) is 10.4. The molecule has 1 rings (SSSR count). The minimum Gasteiger partial charge on any atom is -0.482 e. The fourth-order valence-corrected chi connectivity index (χ4v) is 1.30. The summed E-state index contributed by atoms with van der Waals surface area (Å²) in [4.78, 5) is 22.6. The van der Waals surface area contributed by atoms with Gasteiger partial charge < -0.3 is 21.1 Å². The molecule has 0 aliphatic rings. The molecular formula is C12H17N3O3. The summed E-state index contributed by atoms with van der Waals surface area (Å²) >= 11 is 0. The first-order valence-corrected chi connectivity index (χ1v) is 5.59. The third kappa shape index (κ3) is 3.65. The Labute approximate surface area is 105 Å². The Hall–Kier alpha value is -2.24. The summed E-state index contributed by atoms with van der Waals surface area (Å²) in [7, 11) is 1.52. The van der Waals surface area contributed by atoms with Crippen molar-refractivity contribution in [2.75, 3.05) is 25.9 Å². The summed E-state index contributed by atoms with van der Waals surface area (Å²) in [5.41, 5.74) is 6.53. The summed E-state index contributed by atoms with van der Waals surface area (Å²) < 4.78 is 5.22. The third-order valence-corrected chi connectivity index (χ3v) is 2.25. The maximum absolute atomic E-state index is 11.5. The Bertz CT molecular complexity index is 446. The van der Waals surface area contributed by atoms with Crippen molar-refractivity contribution in [1.82, 2.24) is 10.6 Å². The molecule has 0 saturated carbocycles. The molecule has 1 aromatic carbocycles. The molecule has 0 bridgehead atoms. The average molecular weight is 251 g/mol. The van der Waals surface area contributed by atoms with Gasteiger partial charge in [-0.15, -0.1) is 0 Å². The molecular weight excluding hydrogens is 234 g/mol. The van der Waals surface area contributed by atoms with E-state index in [1.165, 1.54) is 13.1 Å². The predicted octanol–water partition coefficient (Wildman–Crippen LogP) is 0.143. The van der Waals surface area contributed by atoms with Crippen molar-refractivity contribution in [2.24, 2.45) is 0 Å². The fraction of sp³-hybridized carbons (Fsp3) is 0.333. The average Bonchev–Trinajstić information content (AvgIpc) is 2.37. The topological polar surface area (TPSA) is 93.4 Å². The van der Waals surface area contributed by atoms with Gasteiger partial charge in [0, 0.05) is 19.2 Å². The predicted molar refractivity (Wildman–Crippen MR) is 68.4 cm³/mol. The second-order valence-corrected chi connectivity index (χ2v) is 3.57. The summed E-state index contributed by atoms with van der Waals surface area (Å²) in [5.74, 6) is -0.0593. The van der Waals surface area contributed by atoms with Crippen molar-refractivity contribution < 1.29 is 14.3 Å². The van der Waals surface area contributed by atoms with Gasteiger partial charge in [0.25, 0.3) is 11.8 Å². The number of anilines is 1. The maximum Gasteiger partial charge on any atom is 0.257 e. The van der Waals surface area contributed by atoms with Gasteiger partial charge in [-0.3, -0.25) is 9.59 Å². The largest absolute Gasteiger partial charge is 0.482 e. The number of nitrogen functional groups attached to an aromatic ring is 1. The van der Waals surface area contributed by atoms with Crippen molar-refractivity contribution >= 4 is 17.5 Å². The van der Waals surface area contributed by atoms with Gasteiger partial charge in [-0.2, -0.15) is 0 Å². The number of ether oxygens (including phenoxy) is 1. The first kappa shape index (κ1) is 13.8. The molecule has 18 heavy (non-hydrogen) atoms. The zero-order chi connectivity index (χ0) is 13.5. The molecule has 0 aliphatic heterocycles. The van der Waals surface area contributed by atoms with E-state index < -0.39 is 0 Å². The Balaban J connectivity index is 2.73. The normalized spacial score (nSPS) is 9.67. The van der Waals surface area contributed by atoms with Crippen molar-refractivity contribution in [1.29, 1.82) is 0 Å². The van der Waals surface area contributed by atoms with Crippen molar-refractivity contribution in [3.8, 4) is 5.75 Å². The molecule has 4 N–H and O–H groups in total. The standard InChI is InChI=1S/C12H17N3O3/c1-3-15-12(17)8-4-5-10(9(13)6-8)18-7-11(16)14-2/h4-6H,3,7,13H2,1-2H3,(H,14,16)(H,15,17). The highest BCUT2D eigenvalue weighted by atomic mass is 16.5. The van der Waals surface area contributed by atoms with Crippen LogP contribution < -0.4 is 21.1 Å². The lowest BCUT2D eigenvalue weighted by atomic mass is 10.2. The van der Waals surface area contributed by atoms with Crippen LogP contribution in [0.4, 0.5) is 5.69 Å².